The fourth-order valence-corrected chi connectivity index (χ4v) is 2.44. The first-order chi connectivity index (χ1) is 10.5. The van der Waals surface area contributed by atoms with Gasteiger partial charge in [0.15, 0.2) is 0 Å². The Balaban J connectivity index is 1.74. The zero-order chi connectivity index (χ0) is 15.9. The van der Waals surface area contributed by atoms with Crippen LogP contribution in [0.1, 0.15) is 11.1 Å². The normalized spacial score (nSPS) is 10.3. The maximum atomic E-state index is 11.9. The lowest BCUT2D eigenvalue weighted by atomic mass is 10.1. The Bertz CT molecular complexity index is 659. The number of aryl methyl sites for hydroxylation is 1. The zero-order valence-electron chi connectivity index (χ0n) is 12.2. The Morgan fingerprint density at radius 3 is 2.73 bits per heavy atom. The molecule has 0 fully saturated rings. The van der Waals surface area contributed by atoms with Crippen LogP contribution in [0.2, 0.25) is 10.0 Å². The van der Waals surface area contributed by atoms with Gasteiger partial charge >= 0.3 is 0 Å². The lowest BCUT2D eigenvalue weighted by Crippen LogP contribution is -2.29. The van der Waals surface area contributed by atoms with Crippen LogP contribution in [0.15, 0.2) is 42.5 Å². The molecular formula is C17H17Cl2NO2. The summed E-state index contributed by atoms with van der Waals surface area (Å²) < 4.78 is 5.57. The van der Waals surface area contributed by atoms with Crippen LogP contribution < -0.4 is 10.1 Å². The standard InChI is InChI=1S/C17H17Cl2NO2/c1-12-3-2-4-15(9-12)22-8-7-20-17(21)10-13-5-6-14(18)11-16(13)19/h2-6,9,11H,7-8,10H2,1H3,(H,20,21). The number of carbonyl (C=O) groups is 1. The van der Waals surface area contributed by atoms with Gasteiger partial charge in [0.05, 0.1) is 13.0 Å². The minimum absolute atomic E-state index is 0.0999. The highest BCUT2D eigenvalue weighted by molar-refractivity contribution is 6.35. The number of carbonyl (C=O) groups excluding carboxylic acids is 1. The molecule has 116 valence electrons. The smallest absolute Gasteiger partial charge is 0.224 e. The Morgan fingerprint density at radius 2 is 2.00 bits per heavy atom. The molecule has 0 heterocycles. The maximum Gasteiger partial charge on any atom is 0.224 e. The molecule has 0 saturated heterocycles. The molecule has 22 heavy (non-hydrogen) atoms. The van der Waals surface area contributed by atoms with Gasteiger partial charge in [0.2, 0.25) is 5.91 Å². The molecule has 2 aromatic carbocycles. The van der Waals surface area contributed by atoms with Crippen LogP contribution in [0, 0.1) is 6.92 Å². The average Bonchev–Trinajstić information content (AvgIpc) is 2.47. The lowest BCUT2D eigenvalue weighted by molar-refractivity contribution is -0.120. The van der Waals surface area contributed by atoms with E-state index in [0.29, 0.717) is 23.2 Å². The summed E-state index contributed by atoms with van der Waals surface area (Å²) in [6, 6.07) is 12.9. The maximum absolute atomic E-state index is 11.9. The van der Waals surface area contributed by atoms with Crippen molar-refractivity contribution in [3.63, 3.8) is 0 Å². The monoisotopic (exact) mass is 337 g/mol. The molecule has 0 saturated carbocycles. The average molecular weight is 338 g/mol. The molecule has 0 bridgehead atoms. The van der Waals surface area contributed by atoms with Crippen molar-refractivity contribution in [3.8, 4) is 5.75 Å². The van der Waals surface area contributed by atoms with Gasteiger partial charge < -0.3 is 10.1 Å². The van der Waals surface area contributed by atoms with E-state index in [1.807, 2.05) is 31.2 Å². The molecule has 2 rings (SSSR count). The molecule has 0 unspecified atom stereocenters. The van der Waals surface area contributed by atoms with Gasteiger partial charge in [0.25, 0.3) is 0 Å². The summed E-state index contributed by atoms with van der Waals surface area (Å²) in [5, 5.41) is 3.86. The van der Waals surface area contributed by atoms with E-state index in [1.165, 1.54) is 0 Å². The number of benzene rings is 2. The molecule has 0 spiro atoms. The van der Waals surface area contributed by atoms with Crippen molar-refractivity contribution >= 4 is 29.1 Å². The van der Waals surface area contributed by atoms with Gasteiger partial charge in [-0.25, -0.2) is 0 Å². The second-order valence-corrected chi connectivity index (χ2v) is 5.77. The Morgan fingerprint density at radius 1 is 1.18 bits per heavy atom. The highest BCUT2D eigenvalue weighted by atomic mass is 35.5. The van der Waals surface area contributed by atoms with Gasteiger partial charge in [-0.15, -0.1) is 0 Å². The predicted octanol–water partition coefficient (Wildman–Crippen LogP) is 4.04. The Hall–Kier alpha value is -1.71. The van der Waals surface area contributed by atoms with Gasteiger partial charge in [-0.05, 0) is 42.3 Å². The summed E-state index contributed by atoms with van der Waals surface area (Å²) >= 11 is 11.9. The van der Waals surface area contributed by atoms with Crippen LogP contribution in [0.3, 0.4) is 0 Å². The zero-order valence-corrected chi connectivity index (χ0v) is 13.7. The van der Waals surface area contributed by atoms with E-state index in [0.717, 1.165) is 16.9 Å². The van der Waals surface area contributed by atoms with Crippen molar-refractivity contribution in [1.82, 2.24) is 5.32 Å². The van der Waals surface area contributed by atoms with Gasteiger partial charge in [-0.2, -0.15) is 0 Å². The van der Waals surface area contributed by atoms with Crippen LogP contribution in [-0.4, -0.2) is 19.1 Å². The van der Waals surface area contributed by atoms with Crippen molar-refractivity contribution in [2.45, 2.75) is 13.3 Å². The third kappa shape index (κ3) is 5.24. The van der Waals surface area contributed by atoms with E-state index in [-0.39, 0.29) is 12.3 Å². The highest BCUT2D eigenvalue weighted by Gasteiger charge is 2.07. The molecule has 0 atom stereocenters. The van der Waals surface area contributed by atoms with Gasteiger partial charge in [0, 0.05) is 10.0 Å². The SMILES string of the molecule is Cc1cccc(OCCNC(=O)Cc2ccc(Cl)cc2Cl)c1. The van der Waals surface area contributed by atoms with Crippen molar-refractivity contribution in [2.24, 2.45) is 0 Å². The van der Waals surface area contributed by atoms with E-state index in [1.54, 1.807) is 18.2 Å². The molecule has 0 aliphatic heterocycles. The summed E-state index contributed by atoms with van der Waals surface area (Å²) in [7, 11) is 0. The summed E-state index contributed by atoms with van der Waals surface area (Å²) in [6.07, 6.45) is 0.223. The largest absolute Gasteiger partial charge is 0.492 e. The molecule has 1 amide bonds. The fraction of sp³-hybridized carbons (Fsp3) is 0.235. The number of nitrogens with one attached hydrogen (secondary N) is 1. The topological polar surface area (TPSA) is 38.3 Å². The van der Waals surface area contributed by atoms with Crippen LogP contribution in [0.5, 0.6) is 5.75 Å². The van der Waals surface area contributed by atoms with Gasteiger partial charge in [0.1, 0.15) is 12.4 Å². The second kappa shape index (κ2) is 8.06. The van der Waals surface area contributed by atoms with Gasteiger partial charge in [-0.1, -0.05) is 41.4 Å². The molecule has 2 aromatic rings. The summed E-state index contributed by atoms with van der Waals surface area (Å²) in [5.74, 6) is 0.701. The molecule has 0 aliphatic rings. The molecule has 0 aromatic heterocycles. The predicted molar refractivity (Wildman–Crippen MR) is 89.8 cm³/mol. The van der Waals surface area contributed by atoms with Crippen LogP contribution in [0.25, 0.3) is 0 Å². The third-order valence-corrected chi connectivity index (χ3v) is 3.64. The Kier molecular flexibility index (Phi) is 6.10. The van der Waals surface area contributed by atoms with E-state index >= 15 is 0 Å². The lowest BCUT2D eigenvalue weighted by Gasteiger charge is -2.09. The number of ether oxygens (including phenoxy) is 1. The van der Waals surface area contributed by atoms with Crippen molar-refractivity contribution < 1.29 is 9.53 Å². The quantitative estimate of drug-likeness (QED) is 0.808. The van der Waals surface area contributed by atoms with E-state index in [9.17, 15) is 4.79 Å². The van der Waals surface area contributed by atoms with Crippen LogP contribution >= 0.6 is 23.2 Å². The molecule has 1 N–H and O–H groups in total. The second-order valence-electron chi connectivity index (χ2n) is 4.93. The molecule has 5 heteroatoms. The highest BCUT2D eigenvalue weighted by Crippen LogP contribution is 2.21. The summed E-state index contributed by atoms with van der Waals surface area (Å²) in [5.41, 5.74) is 1.89. The fourth-order valence-electron chi connectivity index (χ4n) is 1.96. The first-order valence-corrected chi connectivity index (χ1v) is 7.70. The van der Waals surface area contributed by atoms with Gasteiger partial charge in [-0.3, -0.25) is 4.79 Å². The number of rotatable bonds is 6. The van der Waals surface area contributed by atoms with E-state index in [2.05, 4.69) is 5.32 Å². The van der Waals surface area contributed by atoms with E-state index < -0.39 is 0 Å². The van der Waals surface area contributed by atoms with Crippen LogP contribution in [-0.2, 0) is 11.2 Å². The third-order valence-electron chi connectivity index (χ3n) is 3.05. The minimum Gasteiger partial charge on any atom is -0.492 e. The minimum atomic E-state index is -0.0999. The summed E-state index contributed by atoms with van der Waals surface area (Å²) in [4.78, 5) is 11.9. The Labute approximate surface area is 140 Å². The number of hydrogen-bond donors (Lipinski definition) is 1. The summed E-state index contributed by atoms with van der Waals surface area (Å²) in [6.45, 7) is 2.87. The number of hydrogen-bond acceptors (Lipinski definition) is 2. The molecule has 3 nitrogen and oxygen atoms in total. The van der Waals surface area contributed by atoms with Crippen LogP contribution in [0.4, 0.5) is 0 Å². The van der Waals surface area contributed by atoms with E-state index in [4.69, 9.17) is 27.9 Å². The van der Waals surface area contributed by atoms with Crippen molar-refractivity contribution in [1.29, 1.82) is 0 Å². The first-order valence-electron chi connectivity index (χ1n) is 6.94. The number of halogens is 2. The number of amides is 1. The first kappa shape index (κ1) is 16.7. The molecular weight excluding hydrogens is 321 g/mol. The molecule has 0 aliphatic carbocycles. The van der Waals surface area contributed by atoms with Crippen molar-refractivity contribution in [2.75, 3.05) is 13.2 Å². The molecule has 0 radical (unpaired) electrons. The van der Waals surface area contributed by atoms with Crippen molar-refractivity contribution in [3.05, 3.63) is 63.6 Å².